The maximum atomic E-state index is 12.6. The van der Waals surface area contributed by atoms with Crippen molar-refractivity contribution in [2.45, 2.75) is 0 Å². The second-order valence-electron chi connectivity index (χ2n) is 6.16. The van der Waals surface area contributed by atoms with Gasteiger partial charge in [-0.25, -0.2) is 0 Å². The second kappa shape index (κ2) is 7.88. The van der Waals surface area contributed by atoms with E-state index in [1.54, 1.807) is 55.7 Å². The van der Waals surface area contributed by atoms with Crippen molar-refractivity contribution in [3.63, 3.8) is 0 Å². The van der Waals surface area contributed by atoms with Gasteiger partial charge in [-0.3, -0.25) is 19.3 Å². The van der Waals surface area contributed by atoms with Gasteiger partial charge in [0.25, 0.3) is 11.1 Å². The van der Waals surface area contributed by atoms with E-state index in [9.17, 15) is 14.4 Å². The largest absolute Gasteiger partial charge is 0.497 e. The lowest BCUT2D eigenvalue weighted by Crippen LogP contribution is -2.36. The maximum absolute atomic E-state index is 12.6. The summed E-state index contributed by atoms with van der Waals surface area (Å²) in [6, 6.07) is 12.0. The SMILES string of the molecule is COc1ccc(NC(=O)CN2C(=O)S/C(=C/c3ccc4c(c3)OCO4)C2=O)cc1. The van der Waals surface area contributed by atoms with E-state index in [1.165, 1.54) is 0 Å². The van der Waals surface area contributed by atoms with Gasteiger partial charge in [-0.2, -0.15) is 0 Å². The third-order valence-corrected chi connectivity index (χ3v) is 5.15. The van der Waals surface area contributed by atoms with E-state index in [0.717, 1.165) is 16.7 Å². The quantitative estimate of drug-likeness (QED) is 0.754. The van der Waals surface area contributed by atoms with E-state index in [4.69, 9.17) is 14.2 Å². The smallest absolute Gasteiger partial charge is 0.294 e. The first-order valence-corrected chi connectivity index (χ1v) is 9.44. The lowest BCUT2D eigenvalue weighted by molar-refractivity contribution is -0.127. The van der Waals surface area contributed by atoms with Gasteiger partial charge in [0, 0.05) is 5.69 Å². The molecule has 2 heterocycles. The van der Waals surface area contributed by atoms with Crippen molar-refractivity contribution in [1.82, 2.24) is 4.90 Å². The minimum absolute atomic E-state index is 0.151. The van der Waals surface area contributed by atoms with Crippen molar-refractivity contribution in [1.29, 1.82) is 0 Å². The molecule has 2 aliphatic rings. The summed E-state index contributed by atoms with van der Waals surface area (Å²) in [4.78, 5) is 38.2. The maximum Gasteiger partial charge on any atom is 0.294 e. The molecule has 8 nitrogen and oxygen atoms in total. The van der Waals surface area contributed by atoms with Gasteiger partial charge in [-0.1, -0.05) is 6.07 Å². The monoisotopic (exact) mass is 412 g/mol. The number of nitrogens with one attached hydrogen (secondary N) is 1. The molecule has 1 fully saturated rings. The molecule has 3 amide bonds. The summed E-state index contributed by atoms with van der Waals surface area (Å²) in [5, 5.41) is 2.16. The van der Waals surface area contributed by atoms with E-state index in [1.807, 2.05) is 0 Å². The normalized spacial score (nSPS) is 16.4. The molecule has 0 bridgehead atoms. The molecule has 2 aliphatic heterocycles. The molecule has 4 rings (SSSR count). The predicted octanol–water partition coefficient (Wildman–Crippen LogP) is 3.10. The van der Waals surface area contributed by atoms with Crippen LogP contribution in [0.2, 0.25) is 0 Å². The summed E-state index contributed by atoms with van der Waals surface area (Å²) in [5.41, 5.74) is 1.24. The van der Waals surface area contributed by atoms with E-state index in [0.29, 0.717) is 28.5 Å². The summed E-state index contributed by atoms with van der Waals surface area (Å²) in [7, 11) is 1.55. The van der Waals surface area contributed by atoms with Gasteiger partial charge in [0.15, 0.2) is 11.5 Å². The molecule has 2 aromatic rings. The molecule has 29 heavy (non-hydrogen) atoms. The molecule has 2 aromatic carbocycles. The molecule has 0 atom stereocenters. The van der Waals surface area contributed by atoms with Crippen molar-refractivity contribution in [3.05, 3.63) is 52.9 Å². The summed E-state index contributed by atoms with van der Waals surface area (Å²) in [5.74, 6) is 0.884. The van der Waals surface area contributed by atoms with Gasteiger partial charge in [0.05, 0.1) is 12.0 Å². The zero-order valence-corrected chi connectivity index (χ0v) is 16.2. The number of methoxy groups -OCH3 is 1. The Balaban J connectivity index is 1.43. The number of rotatable bonds is 5. The number of hydrogen-bond donors (Lipinski definition) is 1. The molecule has 0 aromatic heterocycles. The fourth-order valence-electron chi connectivity index (χ4n) is 2.81. The molecule has 0 aliphatic carbocycles. The second-order valence-corrected chi connectivity index (χ2v) is 7.15. The zero-order valence-electron chi connectivity index (χ0n) is 15.3. The Morgan fingerprint density at radius 1 is 1.17 bits per heavy atom. The van der Waals surface area contributed by atoms with Crippen LogP contribution in [0.3, 0.4) is 0 Å². The van der Waals surface area contributed by atoms with E-state index in [-0.39, 0.29) is 18.2 Å². The highest BCUT2D eigenvalue weighted by atomic mass is 32.2. The summed E-state index contributed by atoms with van der Waals surface area (Å²) >= 11 is 0.793. The lowest BCUT2D eigenvalue weighted by atomic mass is 10.2. The highest BCUT2D eigenvalue weighted by molar-refractivity contribution is 8.18. The number of ether oxygens (including phenoxy) is 3. The standard InChI is InChI=1S/C20H16N2O6S/c1-26-14-5-3-13(4-6-14)21-18(23)10-22-19(24)17(29-20(22)25)9-12-2-7-15-16(8-12)28-11-27-15/h2-9H,10-11H2,1H3,(H,21,23)/b17-9+. The first kappa shape index (κ1) is 18.9. The first-order valence-electron chi connectivity index (χ1n) is 8.62. The number of thioether (sulfide) groups is 1. The van der Waals surface area contributed by atoms with E-state index < -0.39 is 17.1 Å². The highest BCUT2D eigenvalue weighted by Crippen LogP contribution is 2.36. The van der Waals surface area contributed by atoms with Gasteiger partial charge < -0.3 is 19.5 Å². The highest BCUT2D eigenvalue weighted by Gasteiger charge is 2.36. The molecule has 1 saturated heterocycles. The van der Waals surface area contributed by atoms with Crippen molar-refractivity contribution in [2.75, 3.05) is 25.8 Å². The van der Waals surface area contributed by atoms with Crippen LogP contribution in [-0.2, 0) is 9.59 Å². The van der Waals surface area contributed by atoms with Crippen LogP contribution >= 0.6 is 11.8 Å². The van der Waals surface area contributed by atoms with Crippen molar-refractivity contribution < 1.29 is 28.6 Å². The number of carbonyl (C=O) groups excluding carboxylic acids is 3. The average molecular weight is 412 g/mol. The van der Waals surface area contributed by atoms with Gasteiger partial charge >= 0.3 is 0 Å². The summed E-state index contributed by atoms with van der Waals surface area (Å²) in [6.45, 7) is -0.214. The minimum Gasteiger partial charge on any atom is -0.497 e. The Kier molecular flexibility index (Phi) is 5.13. The van der Waals surface area contributed by atoms with Crippen LogP contribution in [0.1, 0.15) is 5.56 Å². The number of nitrogens with zero attached hydrogens (tertiary/aromatic N) is 1. The number of carbonyl (C=O) groups is 3. The number of anilines is 1. The van der Waals surface area contributed by atoms with Crippen molar-refractivity contribution >= 4 is 40.6 Å². The Labute approximate surface area is 170 Å². The van der Waals surface area contributed by atoms with Crippen LogP contribution in [0.4, 0.5) is 10.5 Å². The molecule has 1 N–H and O–H groups in total. The molecular weight excluding hydrogens is 396 g/mol. The summed E-state index contributed by atoms with van der Waals surface area (Å²) in [6.07, 6.45) is 1.59. The van der Waals surface area contributed by atoms with Crippen molar-refractivity contribution in [2.24, 2.45) is 0 Å². The molecule has 0 saturated carbocycles. The Morgan fingerprint density at radius 3 is 2.69 bits per heavy atom. The fraction of sp³-hybridized carbons (Fsp3) is 0.150. The lowest BCUT2D eigenvalue weighted by Gasteiger charge is -2.12. The van der Waals surface area contributed by atoms with E-state index in [2.05, 4.69) is 5.32 Å². The molecule has 9 heteroatoms. The first-order chi connectivity index (χ1) is 14.0. The average Bonchev–Trinajstić information content (AvgIpc) is 3.28. The number of fused-ring (bicyclic) bond motifs is 1. The zero-order chi connectivity index (χ0) is 20.4. The number of imide groups is 1. The number of hydrogen-bond acceptors (Lipinski definition) is 7. The van der Waals surface area contributed by atoms with Crippen LogP contribution in [0.5, 0.6) is 17.2 Å². The predicted molar refractivity (Wildman–Crippen MR) is 107 cm³/mol. The van der Waals surface area contributed by atoms with Gasteiger partial charge in [-0.05, 0) is 59.8 Å². The van der Waals surface area contributed by atoms with Crippen LogP contribution in [-0.4, -0.2) is 42.4 Å². The van der Waals surface area contributed by atoms with Crippen LogP contribution in [0.25, 0.3) is 6.08 Å². The van der Waals surface area contributed by atoms with Crippen LogP contribution in [0.15, 0.2) is 47.4 Å². The minimum atomic E-state index is -0.512. The molecule has 0 spiro atoms. The third-order valence-electron chi connectivity index (χ3n) is 4.24. The topological polar surface area (TPSA) is 94.2 Å². The van der Waals surface area contributed by atoms with E-state index >= 15 is 0 Å². The van der Waals surface area contributed by atoms with Crippen LogP contribution < -0.4 is 19.5 Å². The van der Waals surface area contributed by atoms with Gasteiger partial charge in [0.2, 0.25) is 12.7 Å². The van der Waals surface area contributed by atoms with Gasteiger partial charge in [-0.15, -0.1) is 0 Å². The Hall–Kier alpha value is -3.46. The van der Waals surface area contributed by atoms with Gasteiger partial charge in [0.1, 0.15) is 12.3 Å². The Bertz CT molecular complexity index is 1020. The fourth-order valence-corrected chi connectivity index (χ4v) is 3.65. The molecular formula is C20H16N2O6S. The Morgan fingerprint density at radius 2 is 1.93 bits per heavy atom. The third kappa shape index (κ3) is 4.04. The van der Waals surface area contributed by atoms with Crippen molar-refractivity contribution in [3.8, 4) is 17.2 Å². The summed E-state index contributed by atoms with van der Waals surface area (Å²) < 4.78 is 15.6. The number of amides is 3. The molecule has 0 unspecified atom stereocenters. The van der Waals surface area contributed by atoms with Crippen LogP contribution in [0, 0.1) is 0 Å². The molecule has 148 valence electrons. The number of benzene rings is 2. The molecule has 0 radical (unpaired) electrons.